The molecule has 0 aliphatic heterocycles. The summed E-state index contributed by atoms with van der Waals surface area (Å²) < 4.78 is 48.3. The van der Waals surface area contributed by atoms with Crippen molar-refractivity contribution in [3.05, 3.63) is 42.1 Å². The lowest BCUT2D eigenvalue weighted by molar-refractivity contribution is -0.105. The van der Waals surface area contributed by atoms with Gasteiger partial charge in [0.2, 0.25) is 0 Å². The van der Waals surface area contributed by atoms with Gasteiger partial charge in [0.05, 0.1) is 24.5 Å². The molecule has 2 rings (SSSR count). The number of nitrogens with one attached hydrogen (secondary N) is 1. The van der Waals surface area contributed by atoms with Crippen LogP contribution < -0.4 is 14.8 Å². The molecular formula is C18H19F3N2O3S. The lowest BCUT2D eigenvalue weighted by Crippen LogP contribution is -2.15. The van der Waals surface area contributed by atoms with Gasteiger partial charge in [0, 0.05) is 18.0 Å². The van der Waals surface area contributed by atoms with Crippen LogP contribution in [-0.2, 0) is 0 Å². The summed E-state index contributed by atoms with van der Waals surface area (Å²) in [5.41, 5.74) is 0.501. The molecule has 0 aliphatic carbocycles. The topological polar surface area (TPSA) is 60.5 Å². The fourth-order valence-corrected chi connectivity index (χ4v) is 2.91. The van der Waals surface area contributed by atoms with Gasteiger partial charge in [-0.05, 0) is 38.1 Å². The number of amides is 1. The number of alkyl halides is 3. The third-order valence-electron chi connectivity index (χ3n) is 3.19. The number of hydrogen-bond donors (Lipinski definition) is 1. The van der Waals surface area contributed by atoms with Gasteiger partial charge in [0.15, 0.2) is 11.5 Å². The SMILES string of the molecule is CCOc1ccc(NC(=O)c2cccnc2SCC(F)(F)F)cc1OCC. The number of benzene rings is 1. The van der Waals surface area contributed by atoms with E-state index in [4.69, 9.17) is 9.47 Å². The van der Waals surface area contributed by atoms with Gasteiger partial charge >= 0.3 is 6.18 Å². The van der Waals surface area contributed by atoms with Gasteiger partial charge in [-0.1, -0.05) is 11.8 Å². The van der Waals surface area contributed by atoms with Gasteiger partial charge in [0.1, 0.15) is 5.03 Å². The number of halogens is 3. The first kappa shape index (κ1) is 20.9. The van der Waals surface area contributed by atoms with E-state index in [1.54, 1.807) is 18.2 Å². The standard InChI is InChI=1S/C18H19F3N2O3S/c1-3-25-14-8-7-12(10-15(14)26-4-2)23-16(24)13-6-5-9-22-17(13)27-11-18(19,20)21/h5-10H,3-4,11H2,1-2H3,(H,23,24). The Morgan fingerprint density at radius 3 is 2.52 bits per heavy atom. The molecule has 0 radical (unpaired) electrons. The van der Waals surface area contributed by atoms with E-state index in [9.17, 15) is 18.0 Å². The highest BCUT2D eigenvalue weighted by Gasteiger charge is 2.28. The Bertz CT molecular complexity index is 785. The number of thioether (sulfide) groups is 1. The Hall–Kier alpha value is -2.42. The zero-order chi connectivity index (χ0) is 19.9. The summed E-state index contributed by atoms with van der Waals surface area (Å²) >= 11 is 0.472. The molecule has 0 spiro atoms. The molecule has 9 heteroatoms. The van der Waals surface area contributed by atoms with Crippen molar-refractivity contribution in [2.24, 2.45) is 0 Å². The van der Waals surface area contributed by atoms with Crippen molar-refractivity contribution in [3.8, 4) is 11.5 Å². The molecule has 2 aromatic rings. The summed E-state index contributed by atoms with van der Waals surface area (Å²) in [4.78, 5) is 16.4. The molecule has 0 saturated carbocycles. The smallest absolute Gasteiger partial charge is 0.398 e. The summed E-state index contributed by atoms with van der Waals surface area (Å²) in [6.07, 6.45) is -3.00. The Balaban J connectivity index is 2.19. The van der Waals surface area contributed by atoms with E-state index in [1.807, 2.05) is 13.8 Å². The summed E-state index contributed by atoms with van der Waals surface area (Å²) in [5.74, 6) is -0.670. The first-order valence-corrected chi connectivity index (χ1v) is 9.18. The molecule has 5 nitrogen and oxygen atoms in total. The van der Waals surface area contributed by atoms with Crippen LogP contribution in [0.4, 0.5) is 18.9 Å². The van der Waals surface area contributed by atoms with Crippen LogP contribution in [0.2, 0.25) is 0 Å². The van der Waals surface area contributed by atoms with Gasteiger partial charge in [-0.3, -0.25) is 4.79 Å². The zero-order valence-electron chi connectivity index (χ0n) is 14.8. The quantitative estimate of drug-likeness (QED) is 0.646. The maximum atomic E-state index is 12.5. The van der Waals surface area contributed by atoms with Crippen molar-refractivity contribution in [3.63, 3.8) is 0 Å². The Labute approximate surface area is 159 Å². The summed E-state index contributed by atoms with van der Waals surface area (Å²) in [5, 5.41) is 2.67. The minimum Gasteiger partial charge on any atom is -0.490 e. The second-order valence-electron chi connectivity index (χ2n) is 5.24. The molecule has 0 fully saturated rings. The van der Waals surface area contributed by atoms with Crippen molar-refractivity contribution < 1.29 is 27.4 Å². The molecule has 0 saturated heterocycles. The summed E-state index contributed by atoms with van der Waals surface area (Å²) in [7, 11) is 0. The Morgan fingerprint density at radius 1 is 1.15 bits per heavy atom. The molecule has 27 heavy (non-hydrogen) atoms. The highest BCUT2D eigenvalue weighted by molar-refractivity contribution is 7.99. The van der Waals surface area contributed by atoms with E-state index in [0.29, 0.717) is 42.2 Å². The second kappa shape index (κ2) is 9.50. The minimum absolute atomic E-state index is 0.0169. The predicted molar refractivity (Wildman–Crippen MR) is 97.7 cm³/mol. The maximum Gasteiger partial charge on any atom is 0.398 e. The molecule has 0 unspecified atom stereocenters. The van der Waals surface area contributed by atoms with Gasteiger partial charge in [-0.2, -0.15) is 13.2 Å². The fourth-order valence-electron chi connectivity index (χ4n) is 2.16. The van der Waals surface area contributed by atoms with Crippen molar-refractivity contribution in [1.29, 1.82) is 0 Å². The molecule has 1 heterocycles. The molecule has 0 bridgehead atoms. The van der Waals surface area contributed by atoms with E-state index in [2.05, 4.69) is 10.3 Å². The zero-order valence-corrected chi connectivity index (χ0v) is 15.6. The highest BCUT2D eigenvalue weighted by Crippen LogP contribution is 2.32. The molecule has 1 N–H and O–H groups in total. The number of aromatic nitrogens is 1. The summed E-state index contributed by atoms with van der Waals surface area (Å²) in [6, 6.07) is 7.82. The second-order valence-corrected chi connectivity index (χ2v) is 6.21. The van der Waals surface area contributed by atoms with Crippen LogP contribution in [0, 0.1) is 0 Å². The highest BCUT2D eigenvalue weighted by atomic mass is 32.2. The molecule has 0 aliphatic rings. The average molecular weight is 400 g/mol. The molecule has 1 amide bonds. The number of ether oxygens (including phenoxy) is 2. The number of carbonyl (C=O) groups is 1. The minimum atomic E-state index is -4.35. The van der Waals surface area contributed by atoms with Gasteiger partial charge in [0.25, 0.3) is 5.91 Å². The van der Waals surface area contributed by atoms with Crippen molar-refractivity contribution in [2.75, 3.05) is 24.3 Å². The number of rotatable bonds is 8. The number of pyridine rings is 1. The van der Waals surface area contributed by atoms with Crippen LogP contribution in [-0.4, -0.2) is 36.0 Å². The van der Waals surface area contributed by atoms with Crippen LogP contribution in [0.1, 0.15) is 24.2 Å². The largest absolute Gasteiger partial charge is 0.490 e. The molecule has 1 aromatic heterocycles. The van der Waals surface area contributed by atoms with Crippen molar-refractivity contribution in [2.45, 2.75) is 25.0 Å². The van der Waals surface area contributed by atoms with Crippen LogP contribution in [0.15, 0.2) is 41.6 Å². The van der Waals surface area contributed by atoms with E-state index in [0.717, 1.165) is 0 Å². The van der Waals surface area contributed by atoms with E-state index in [-0.39, 0.29) is 10.6 Å². The maximum absolute atomic E-state index is 12.5. The molecule has 146 valence electrons. The van der Waals surface area contributed by atoms with Crippen LogP contribution >= 0.6 is 11.8 Å². The lowest BCUT2D eigenvalue weighted by Gasteiger charge is -2.14. The third kappa shape index (κ3) is 6.35. The number of hydrogen-bond acceptors (Lipinski definition) is 5. The lowest BCUT2D eigenvalue weighted by atomic mass is 10.2. The predicted octanol–water partition coefficient (Wildman–Crippen LogP) is 4.79. The van der Waals surface area contributed by atoms with Crippen molar-refractivity contribution in [1.82, 2.24) is 4.98 Å². The summed E-state index contributed by atoms with van der Waals surface area (Å²) in [6.45, 7) is 4.54. The van der Waals surface area contributed by atoms with E-state index in [1.165, 1.54) is 18.3 Å². The Morgan fingerprint density at radius 2 is 1.85 bits per heavy atom. The van der Waals surface area contributed by atoms with E-state index >= 15 is 0 Å². The third-order valence-corrected chi connectivity index (χ3v) is 4.26. The van der Waals surface area contributed by atoms with Crippen LogP contribution in [0.5, 0.6) is 11.5 Å². The normalized spacial score (nSPS) is 11.1. The van der Waals surface area contributed by atoms with Crippen LogP contribution in [0.3, 0.4) is 0 Å². The fraction of sp³-hybridized carbons (Fsp3) is 0.333. The number of carbonyl (C=O) groups excluding carboxylic acids is 1. The molecular weight excluding hydrogens is 381 g/mol. The van der Waals surface area contributed by atoms with Crippen LogP contribution in [0.25, 0.3) is 0 Å². The van der Waals surface area contributed by atoms with Crippen molar-refractivity contribution >= 4 is 23.4 Å². The first-order chi connectivity index (χ1) is 12.8. The first-order valence-electron chi connectivity index (χ1n) is 8.19. The average Bonchev–Trinajstić information content (AvgIpc) is 2.62. The van der Waals surface area contributed by atoms with Gasteiger partial charge in [-0.25, -0.2) is 4.98 Å². The van der Waals surface area contributed by atoms with E-state index < -0.39 is 17.8 Å². The molecule has 0 atom stereocenters. The molecule has 1 aromatic carbocycles. The Kier molecular flexibility index (Phi) is 7.35. The number of nitrogens with zero attached hydrogens (tertiary/aromatic N) is 1. The van der Waals surface area contributed by atoms with Gasteiger partial charge in [-0.15, -0.1) is 0 Å². The van der Waals surface area contributed by atoms with Gasteiger partial charge < -0.3 is 14.8 Å². The number of anilines is 1. The monoisotopic (exact) mass is 400 g/mol.